The highest BCUT2D eigenvalue weighted by Gasteiger charge is 2.38. The maximum atomic E-state index is 13.0. The summed E-state index contributed by atoms with van der Waals surface area (Å²) in [6.45, 7) is 3.43. The smallest absolute Gasteiger partial charge is 0.305 e. The van der Waals surface area contributed by atoms with Crippen molar-refractivity contribution >= 4 is 29.2 Å². The van der Waals surface area contributed by atoms with E-state index in [-0.39, 0.29) is 17.9 Å². The zero-order valence-electron chi connectivity index (χ0n) is 20.6. The number of hydrogen-bond donors (Lipinski definition) is 2. The highest BCUT2D eigenvalue weighted by molar-refractivity contribution is 6.33. The SMILES string of the molecule is CCOC(=O)CCCCCCCN1C2CCCC1CC(NC(=O)c1cc(Cl)c(N)cc1OC)C2. The summed E-state index contributed by atoms with van der Waals surface area (Å²) < 4.78 is 10.3. The van der Waals surface area contributed by atoms with Crippen molar-refractivity contribution in [2.45, 2.75) is 95.7 Å². The Morgan fingerprint density at radius 3 is 2.47 bits per heavy atom. The van der Waals surface area contributed by atoms with Gasteiger partial charge in [0.25, 0.3) is 5.91 Å². The molecule has 34 heavy (non-hydrogen) atoms. The van der Waals surface area contributed by atoms with Gasteiger partial charge in [-0.15, -0.1) is 0 Å². The number of ether oxygens (including phenoxy) is 2. The second-order valence-corrected chi connectivity index (χ2v) is 9.92. The number of halogens is 1. The molecule has 1 aromatic rings. The monoisotopic (exact) mass is 493 g/mol. The highest BCUT2D eigenvalue weighted by Crippen LogP contribution is 2.35. The van der Waals surface area contributed by atoms with Crippen molar-refractivity contribution in [3.8, 4) is 5.75 Å². The van der Waals surface area contributed by atoms with Crippen LogP contribution in [0, 0.1) is 0 Å². The molecule has 0 aromatic heterocycles. The van der Waals surface area contributed by atoms with Crippen LogP contribution in [0.25, 0.3) is 0 Å². The minimum absolute atomic E-state index is 0.0803. The first-order valence-corrected chi connectivity index (χ1v) is 13.2. The second kappa shape index (κ2) is 13.2. The van der Waals surface area contributed by atoms with Gasteiger partial charge in [-0.1, -0.05) is 37.3 Å². The summed E-state index contributed by atoms with van der Waals surface area (Å²) in [4.78, 5) is 27.1. The standard InChI is InChI=1S/C26H40ClN3O4/c1-3-34-25(31)12-7-5-4-6-8-13-30-19-10-9-11-20(30)15-18(14-19)29-26(32)21-16-22(27)23(28)17-24(21)33-2/h16-20H,3-15,28H2,1-2H3,(H,29,32). The molecule has 2 unspecified atom stereocenters. The Kier molecular flexibility index (Phi) is 10.3. The lowest BCUT2D eigenvalue weighted by Crippen LogP contribution is -2.57. The van der Waals surface area contributed by atoms with Crippen molar-refractivity contribution in [1.29, 1.82) is 0 Å². The zero-order chi connectivity index (χ0) is 24.5. The fraction of sp³-hybridized carbons (Fsp3) is 0.692. The largest absolute Gasteiger partial charge is 0.496 e. The maximum absolute atomic E-state index is 13.0. The molecule has 3 N–H and O–H groups in total. The summed E-state index contributed by atoms with van der Waals surface area (Å²) in [5.74, 6) is 0.209. The van der Waals surface area contributed by atoms with Crippen molar-refractivity contribution in [3.63, 3.8) is 0 Å². The number of nitrogens with two attached hydrogens (primary N) is 1. The van der Waals surface area contributed by atoms with E-state index in [1.807, 2.05) is 6.92 Å². The minimum Gasteiger partial charge on any atom is -0.496 e. The van der Waals surface area contributed by atoms with Gasteiger partial charge in [0.2, 0.25) is 0 Å². The molecular formula is C26H40ClN3O4. The van der Waals surface area contributed by atoms with Gasteiger partial charge < -0.3 is 20.5 Å². The molecule has 2 heterocycles. The molecule has 2 atom stereocenters. The molecule has 8 heteroatoms. The Bertz CT molecular complexity index is 821. The number of nitrogens with zero attached hydrogens (tertiary/aromatic N) is 1. The quantitative estimate of drug-likeness (QED) is 0.243. The molecule has 2 bridgehead atoms. The van der Waals surface area contributed by atoms with Crippen LogP contribution in [0.4, 0.5) is 5.69 Å². The van der Waals surface area contributed by atoms with Crippen LogP contribution >= 0.6 is 11.6 Å². The van der Waals surface area contributed by atoms with Gasteiger partial charge in [-0.2, -0.15) is 0 Å². The third-order valence-electron chi connectivity index (χ3n) is 7.13. The lowest BCUT2D eigenvalue weighted by atomic mass is 9.81. The van der Waals surface area contributed by atoms with Gasteiger partial charge in [-0.3, -0.25) is 14.5 Å². The number of fused-ring (bicyclic) bond motifs is 2. The predicted molar refractivity (Wildman–Crippen MR) is 135 cm³/mol. The van der Waals surface area contributed by atoms with Gasteiger partial charge in [0.1, 0.15) is 5.75 Å². The first-order valence-electron chi connectivity index (χ1n) is 12.8. The van der Waals surface area contributed by atoms with Crippen LogP contribution in [0.1, 0.15) is 87.9 Å². The molecule has 1 amide bonds. The summed E-state index contributed by atoms with van der Waals surface area (Å²) in [5, 5.41) is 3.59. The number of piperidine rings is 2. The maximum Gasteiger partial charge on any atom is 0.305 e. The highest BCUT2D eigenvalue weighted by atomic mass is 35.5. The van der Waals surface area contributed by atoms with Crippen molar-refractivity contribution in [2.75, 3.05) is 26.0 Å². The molecule has 0 radical (unpaired) electrons. The molecule has 2 aliphatic rings. The number of hydrogen-bond acceptors (Lipinski definition) is 6. The fourth-order valence-corrected chi connectivity index (χ4v) is 5.63. The summed E-state index contributed by atoms with van der Waals surface area (Å²) in [7, 11) is 1.53. The number of benzene rings is 1. The Labute approximate surface area is 208 Å². The van der Waals surface area contributed by atoms with E-state index in [9.17, 15) is 9.59 Å². The van der Waals surface area contributed by atoms with Crippen molar-refractivity contribution < 1.29 is 19.1 Å². The summed E-state index contributed by atoms with van der Waals surface area (Å²) >= 11 is 6.15. The van der Waals surface area contributed by atoms with E-state index in [0.717, 1.165) is 38.6 Å². The third-order valence-corrected chi connectivity index (χ3v) is 7.45. The lowest BCUT2D eigenvalue weighted by molar-refractivity contribution is -0.143. The number of carbonyl (C=O) groups is 2. The number of nitrogen functional groups attached to an aromatic ring is 1. The van der Waals surface area contributed by atoms with E-state index in [2.05, 4.69) is 10.2 Å². The number of carbonyl (C=O) groups excluding carboxylic acids is 2. The normalized spacial score (nSPS) is 22.3. The van der Waals surface area contributed by atoms with Crippen LogP contribution in [0.2, 0.25) is 5.02 Å². The van der Waals surface area contributed by atoms with Crippen LogP contribution in [0.3, 0.4) is 0 Å². The molecule has 0 aliphatic carbocycles. The van der Waals surface area contributed by atoms with Crippen LogP contribution in [-0.2, 0) is 9.53 Å². The molecule has 1 aromatic carbocycles. The molecule has 2 fully saturated rings. The van der Waals surface area contributed by atoms with Gasteiger partial charge in [0.15, 0.2) is 0 Å². The first-order chi connectivity index (χ1) is 16.4. The van der Waals surface area contributed by atoms with Gasteiger partial charge in [0, 0.05) is 30.6 Å². The van der Waals surface area contributed by atoms with Crippen molar-refractivity contribution in [1.82, 2.24) is 10.2 Å². The first kappa shape index (κ1) is 26.6. The van der Waals surface area contributed by atoms with Gasteiger partial charge in [0.05, 0.1) is 30.0 Å². The fourth-order valence-electron chi connectivity index (χ4n) is 5.47. The lowest BCUT2D eigenvalue weighted by Gasteiger charge is -2.49. The molecule has 2 saturated heterocycles. The van der Waals surface area contributed by atoms with E-state index >= 15 is 0 Å². The summed E-state index contributed by atoms with van der Waals surface area (Å²) in [5.41, 5.74) is 6.68. The topological polar surface area (TPSA) is 93.9 Å². The number of esters is 1. The summed E-state index contributed by atoms with van der Waals surface area (Å²) in [6, 6.07) is 4.40. The van der Waals surface area contributed by atoms with Gasteiger partial charge >= 0.3 is 5.97 Å². The van der Waals surface area contributed by atoms with Crippen LogP contribution in [0.15, 0.2) is 12.1 Å². The van der Waals surface area contributed by atoms with E-state index in [1.54, 1.807) is 12.1 Å². The number of methoxy groups -OCH3 is 1. The van der Waals surface area contributed by atoms with Crippen LogP contribution in [-0.4, -0.2) is 55.2 Å². The molecule has 3 rings (SSSR count). The van der Waals surface area contributed by atoms with E-state index in [4.69, 9.17) is 26.8 Å². The molecular weight excluding hydrogens is 454 g/mol. The Hall–Kier alpha value is -1.99. The number of anilines is 1. The molecule has 0 saturated carbocycles. The second-order valence-electron chi connectivity index (χ2n) is 9.51. The predicted octanol–water partition coefficient (Wildman–Crippen LogP) is 4.95. The average molecular weight is 494 g/mol. The van der Waals surface area contributed by atoms with Crippen molar-refractivity contribution in [3.05, 3.63) is 22.7 Å². The molecule has 0 spiro atoms. The zero-order valence-corrected chi connectivity index (χ0v) is 21.4. The molecule has 190 valence electrons. The summed E-state index contributed by atoms with van der Waals surface area (Å²) in [6.07, 6.45) is 11.7. The van der Waals surface area contributed by atoms with Gasteiger partial charge in [-0.05, 0) is 58.1 Å². The van der Waals surface area contributed by atoms with E-state index in [1.165, 1.54) is 39.2 Å². The number of rotatable bonds is 12. The Morgan fingerprint density at radius 1 is 1.12 bits per heavy atom. The van der Waals surface area contributed by atoms with Crippen LogP contribution < -0.4 is 15.8 Å². The van der Waals surface area contributed by atoms with Gasteiger partial charge in [-0.25, -0.2) is 0 Å². The Balaban J connectivity index is 1.44. The number of amides is 1. The number of unbranched alkanes of at least 4 members (excludes halogenated alkanes) is 4. The van der Waals surface area contributed by atoms with E-state index in [0.29, 0.717) is 47.1 Å². The third kappa shape index (κ3) is 7.25. The van der Waals surface area contributed by atoms with E-state index < -0.39 is 0 Å². The Morgan fingerprint density at radius 2 is 1.79 bits per heavy atom. The minimum atomic E-state index is -0.155. The van der Waals surface area contributed by atoms with Crippen molar-refractivity contribution in [2.24, 2.45) is 0 Å². The number of nitrogens with one attached hydrogen (secondary N) is 1. The molecule has 2 aliphatic heterocycles. The molecule has 7 nitrogen and oxygen atoms in total. The van der Waals surface area contributed by atoms with Crippen LogP contribution in [0.5, 0.6) is 5.75 Å². The average Bonchev–Trinajstić information content (AvgIpc) is 2.80.